The largest absolute Gasteiger partial charge is 0.392 e. The van der Waals surface area contributed by atoms with Crippen LogP contribution in [0.2, 0.25) is 0 Å². The van der Waals surface area contributed by atoms with E-state index >= 15 is 0 Å². The molecule has 1 saturated carbocycles. The molecule has 0 bridgehead atoms. The minimum atomic E-state index is -3.24. The van der Waals surface area contributed by atoms with Crippen molar-refractivity contribution < 1.29 is 8.42 Å². The van der Waals surface area contributed by atoms with Crippen molar-refractivity contribution in [2.75, 3.05) is 7.05 Å². The van der Waals surface area contributed by atoms with Crippen molar-refractivity contribution in [2.24, 2.45) is 5.73 Å². The maximum absolute atomic E-state index is 12.2. The highest BCUT2D eigenvalue weighted by atomic mass is 32.2. The molecular formula is C10H20N2O2S2. The van der Waals surface area contributed by atoms with Gasteiger partial charge in [0, 0.05) is 7.05 Å². The number of hydrogen-bond donors (Lipinski definition) is 1. The Morgan fingerprint density at radius 3 is 2.31 bits per heavy atom. The molecule has 0 aliphatic heterocycles. The van der Waals surface area contributed by atoms with Crippen LogP contribution in [0.4, 0.5) is 0 Å². The molecule has 1 fully saturated rings. The molecule has 1 rings (SSSR count). The van der Waals surface area contributed by atoms with Crippen molar-refractivity contribution in [3.8, 4) is 0 Å². The van der Waals surface area contributed by atoms with Crippen LogP contribution in [0, 0.1) is 0 Å². The summed E-state index contributed by atoms with van der Waals surface area (Å²) in [6, 6.07) is -0.401. The monoisotopic (exact) mass is 264 g/mol. The van der Waals surface area contributed by atoms with Gasteiger partial charge in [-0.25, -0.2) is 8.42 Å². The van der Waals surface area contributed by atoms with Crippen LogP contribution < -0.4 is 5.73 Å². The minimum Gasteiger partial charge on any atom is -0.392 e. The lowest BCUT2D eigenvalue weighted by Gasteiger charge is -2.30. The van der Waals surface area contributed by atoms with E-state index < -0.39 is 16.1 Å². The Kier molecular flexibility index (Phi) is 4.70. The van der Waals surface area contributed by atoms with Gasteiger partial charge in [-0.3, -0.25) is 0 Å². The van der Waals surface area contributed by atoms with Crippen LogP contribution in [-0.4, -0.2) is 36.1 Å². The van der Waals surface area contributed by atoms with E-state index in [0.717, 1.165) is 32.1 Å². The first-order valence-electron chi connectivity index (χ1n) is 5.63. The molecule has 16 heavy (non-hydrogen) atoms. The van der Waals surface area contributed by atoms with Gasteiger partial charge in [-0.05, 0) is 19.8 Å². The predicted molar refractivity (Wildman–Crippen MR) is 69.8 cm³/mol. The third-order valence-corrected chi connectivity index (χ3v) is 6.11. The van der Waals surface area contributed by atoms with Crippen LogP contribution in [0.25, 0.3) is 0 Å². The van der Waals surface area contributed by atoms with Gasteiger partial charge >= 0.3 is 0 Å². The summed E-state index contributed by atoms with van der Waals surface area (Å²) in [5.74, 6) is 0. The molecule has 1 atom stereocenters. The van der Waals surface area contributed by atoms with Gasteiger partial charge in [-0.2, -0.15) is 4.31 Å². The second kappa shape index (κ2) is 5.42. The summed E-state index contributed by atoms with van der Waals surface area (Å²) >= 11 is 4.84. The number of thiocarbonyl (C=S) groups is 1. The van der Waals surface area contributed by atoms with E-state index in [-0.39, 0.29) is 10.2 Å². The predicted octanol–water partition coefficient (Wildman–Crippen LogP) is 1.26. The third kappa shape index (κ3) is 2.93. The van der Waals surface area contributed by atoms with Crippen LogP contribution in [0.3, 0.4) is 0 Å². The van der Waals surface area contributed by atoms with Crippen molar-refractivity contribution in [3.05, 3.63) is 0 Å². The van der Waals surface area contributed by atoms with Crippen molar-refractivity contribution in [2.45, 2.75) is 50.3 Å². The molecule has 0 amide bonds. The van der Waals surface area contributed by atoms with Crippen LogP contribution in [0.15, 0.2) is 0 Å². The van der Waals surface area contributed by atoms with Gasteiger partial charge in [-0.15, -0.1) is 0 Å². The molecule has 0 aromatic carbocycles. The summed E-state index contributed by atoms with van der Waals surface area (Å²) in [5.41, 5.74) is 5.49. The molecule has 6 heteroatoms. The molecule has 0 spiro atoms. The van der Waals surface area contributed by atoms with E-state index in [1.807, 2.05) is 0 Å². The minimum absolute atomic E-state index is 0.224. The van der Waals surface area contributed by atoms with Gasteiger partial charge in [0.1, 0.15) is 0 Å². The normalized spacial score (nSPS) is 20.9. The number of sulfonamides is 1. The van der Waals surface area contributed by atoms with Crippen LogP contribution >= 0.6 is 12.2 Å². The standard InChI is InChI=1S/C10H20N2O2S2/c1-8(10(11)15)12(2)16(13,14)9-6-4-3-5-7-9/h8-9H,3-7H2,1-2H3,(H2,11,15). The lowest BCUT2D eigenvalue weighted by atomic mass is 10.0. The Morgan fingerprint density at radius 2 is 1.88 bits per heavy atom. The Balaban J connectivity index is 2.79. The van der Waals surface area contributed by atoms with Gasteiger partial charge in [-0.1, -0.05) is 31.5 Å². The van der Waals surface area contributed by atoms with Crippen molar-refractivity contribution in [1.29, 1.82) is 0 Å². The number of nitrogens with zero attached hydrogens (tertiary/aromatic N) is 1. The molecule has 0 aromatic heterocycles. The Bertz CT molecular complexity index is 348. The first kappa shape index (κ1) is 13.9. The lowest BCUT2D eigenvalue weighted by Crippen LogP contribution is -2.46. The first-order valence-corrected chi connectivity index (χ1v) is 7.54. The fraction of sp³-hybridized carbons (Fsp3) is 0.900. The molecule has 1 aliphatic carbocycles. The zero-order valence-electron chi connectivity index (χ0n) is 9.85. The Morgan fingerprint density at radius 1 is 1.38 bits per heavy atom. The summed E-state index contributed by atoms with van der Waals surface area (Å²) in [6.45, 7) is 1.72. The molecule has 0 saturated heterocycles. The molecule has 0 radical (unpaired) electrons. The van der Waals surface area contributed by atoms with Gasteiger partial charge < -0.3 is 5.73 Å². The van der Waals surface area contributed by atoms with Crippen LogP contribution in [0.1, 0.15) is 39.0 Å². The summed E-state index contributed by atoms with van der Waals surface area (Å²) in [5, 5.41) is -0.247. The van der Waals surface area contributed by atoms with E-state index in [9.17, 15) is 8.42 Å². The van der Waals surface area contributed by atoms with E-state index in [0.29, 0.717) is 0 Å². The fourth-order valence-corrected chi connectivity index (χ4v) is 4.18. The highest BCUT2D eigenvalue weighted by Gasteiger charge is 2.33. The Labute approximate surface area is 103 Å². The lowest BCUT2D eigenvalue weighted by molar-refractivity contribution is 0.414. The summed E-state index contributed by atoms with van der Waals surface area (Å²) in [4.78, 5) is 0.224. The summed E-state index contributed by atoms with van der Waals surface area (Å²) < 4.78 is 25.8. The fourth-order valence-electron chi connectivity index (χ4n) is 2.00. The van der Waals surface area contributed by atoms with Gasteiger partial charge in [0.15, 0.2) is 0 Å². The van der Waals surface area contributed by atoms with Crippen molar-refractivity contribution in [3.63, 3.8) is 0 Å². The number of nitrogens with two attached hydrogens (primary N) is 1. The third-order valence-electron chi connectivity index (χ3n) is 3.33. The molecular weight excluding hydrogens is 244 g/mol. The molecule has 2 N–H and O–H groups in total. The van der Waals surface area contributed by atoms with Crippen molar-refractivity contribution in [1.82, 2.24) is 4.31 Å². The summed E-state index contributed by atoms with van der Waals surface area (Å²) in [6.07, 6.45) is 4.66. The van der Waals surface area contributed by atoms with E-state index in [4.69, 9.17) is 18.0 Å². The number of rotatable bonds is 4. The van der Waals surface area contributed by atoms with E-state index in [2.05, 4.69) is 0 Å². The smallest absolute Gasteiger partial charge is 0.217 e. The van der Waals surface area contributed by atoms with Crippen LogP contribution in [0.5, 0.6) is 0 Å². The second-order valence-electron chi connectivity index (χ2n) is 4.40. The molecule has 0 heterocycles. The topological polar surface area (TPSA) is 63.4 Å². The van der Waals surface area contributed by atoms with Gasteiger partial charge in [0.2, 0.25) is 10.0 Å². The van der Waals surface area contributed by atoms with E-state index in [1.165, 1.54) is 4.31 Å². The highest BCUT2D eigenvalue weighted by molar-refractivity contribution is 7.89. The molecule has 1 unspecified atom stereocenters. The molecule has 4 nitrogen and oxygen atoms in total. The average molecular weight is 264 g/mol. The summed E-state index contributed by atoms with van der Waals surface area (Å²) in [7, 11) is -1.68. The highest BCUT2D eigenvalue weighted by Crippen LogP contribution is 2.26. The number of hydrogen-bond acceptors (Lipinski definition) is 3. The zero-order chi connectivity index (χ0) is 12.3. The Hall–Kier alpha value is -0.200. The number of likely N-dealkylation sites (N-methyl/N-ethyl adjacent to an activating group) is 1. The second-order valence-corrected chi connectivity index (χ2v) is 7.14. The molecule has 94 valence electrons. The molecule has 0 aromatic rings. The van der Waals surface area contributed by atoms with E-state index in [1.54, 1.807) is 14.0 Å². The first-order chi connectivity index (χ1) is 7.37. The quantitative estimate of drug-likeness (QED) is 0.776. The van der Waals surface area contributed by atoms with Gasteiger partial charge in [0.25, 0.3) is 0 Å². The van der Waals surface area contributed by atoms with Crippen LogP contribution in [-0.2, 0) is 10.0 Å². The SMILES string of the molecule is CC(C(N)=S)N(C)S(=O)(=O)C1CCCCC1. The maximum Gasteiger partial charge on any atom is 0.217 e. The zero-order valence-corrected chi connectivity index (χ0v) is 11.5. The molecule has 1 aliphatic rings. The maximum atomic E-state index is 12.2. The average Bonchev–Trinajstić information content (AvgIpc) is 2.28. The van der Waals surface area contributed by atoms with Gasteiger partial charge in [0.05, 0.1) is 16.3 Å². The van der Waals surface area contributed by atoms with Crippen molar-refractivity contribution >= 4 is 27.2 Å².